The summed E-state index contributed by atoms with van der Waals surface area (Å²) in [4.78, 5) is 3.52. The lowest BCUT2D eigenvalue weighted by Crippen LogP contribution is -2.61. The third-order valence-corrected chi connectivity index (χ3v) is 13.3. The van der Waals surface area contributed by atoms with E-state index in [2.05, 4.69) is 64.0 Å². The number of fused-ring (bicyclic) bond motifs is 8. The van der Waals surface area contributed by atoms with E-state index in [1.807, 2.05) is 19.1 Å². The molecule has 2 aromatic carbocycles. The molecule has 0 saturated heterocycles. The summed E-state index contributed by atoms with van der Waals surface area (Å²) in [6, 6.07) is 8.15. The highest BCUT2D eigenvalue weighted by Crippen LogP contribution is 2.74. The van der Waals surface area contributed by atoms with E-state index in [4.69, 9.17) is 4.74 Å². The normalized spacial score (nSPS) is 37.9. The van der Waals surface area contributed by atoms with Crippen molar-refractivity contribution in [3.63, 3.8) is 0 Å². The maximum atomic E-state index is 11.0. The zero-order valence-corrected chi connectivity index (χ0v) is 25.9. The molecule has 1 unspecified atom stereocenters. The Balaban J connectivity index is 1.47. The lowest BCUT2D eigenvalue weighted by atomic mass is 9.35. The van der Waals surface area contributed by atoms with Gasteiger partial charge in [-0.1, -0.05) is 52.7 Å². The number of hydrogen-bond donors (Lipinski definition) is 3. The number of aromatic amines is 1. The molecule has 1 heterocycles. The van der Waals surface area contributed by atoms with Crippen LogP contribution in [-0.4, -0.2) is 22.3 Å². The lowest BCUT2D eigenvalue weighted by Gasteiger charge is -2.69. The van der Waals surface area contributed by atoms with Crippen molar-refractivity contribution in [2.24, 2.45) is 28.1 Å². The maximum absolute atomic E-state index is 11.0. The molecule has 3 saturated carbocycles. The van der Waals surface area contributed by atoms with Crippen LogP contribution in [-0.2, 0) is 5.41 Å². The molecule has 0 spiro atoms. The van der Waals surface area contributed by atoms with Crippen molar-refractivity contribution in [2.45, 2.75) is 97.8 Å². The maximum Gasteiger partial charge on any atom is 0.160 e. The first-order chi connectivity index (χ1) is 19.4. The predicted molar refractivity (Wildman–Crippen MR) is 166 cm³/mol. The number of benzene rings is 2. The highest BCUT2D eigenvalue weighted by Gasteiger charge is 2.65. The molecule has 0 radical (unpaired) electrons. The third-order valence-electron chi connectivity index (χ3n) is 13.3. The van der Waals surface area contributed by atoms with Gasteiger partial charge in [0.25, 0.3) is 0 Å². The minimum atomic E-state index is -0.181. The number of methoxy groups -OCH3 is 1. The number of allylic oxidation sites excluding steroid dienone is 2. The summed E-state index contributed by atoms with van der Waals surface area (Å²) in [5, 5.41) is 23.2. The van der Waals surface area contributed by atoms with Crippen molar-refractivity contribution in [2.75, 3.05) is 7.11 Å². The van der Waals surface area contributed by atoms with Crippen LogP contribution in [0.1, 0.15) is 108 Å². The molecule has 218 valence electrons. The average molecular weight is 554 g/mol. The predicted octanol–water partition coefficient (Wildman–Crippen LogP) is 9.27. The van der Waals surface area contributed by atoms with Crippen LogP contribution >= 0.6 is 0 Å². The molecule has 3 fully saturated rings. The van der Waals surface area contributed by atoms with Gasteiger partial charge in [0.1, 0.15) is 5.75 Å². The van der Waals surface area contributed by atoms with Gasteiger partial charge in [-0.15, -0.1) is 0 Å². The molecule has 4 heteroatoms. The number of aromatic nitrogens is 1. The number of H-pyrrole nitrogens is 1. The van der Waals surface area contributed by atoms with Gasteiger partial charge in [-0.05, 0) is 114 Å². The molecular weight excluding hydrogens is 506 g/mol. The monoisotopic (exact) mass is 553 g/mol. The van der Waals surface area contributed by atoms with Gasteiger partial charge in [0.2, 0.25) is 0 Å². The van der Waals surface area contributed by atoms with E-state index in [1.54, 1.807) is 12.7 Å². The van der Waals surface area contributed by atoms with Crippen LogP contribution in [0.15, 0.2) is 42.1 Å². The van der Waals surface area contributed by atoms with Gasteiger partial charge >= 0.3 is 0 Å². The minimum absolute atomic E-state index is 0.00181. The van der Waals surface area contributed by atoms with Gasteiger partial charge in [-0.2, -0.15) is 0 Å². The van der Waals surface area contributed by atoms with Crippen molar-refractivity contribution in [3.05, 3.63) is 64.4 Å². The molecule has 0 amide bonds. The molecule has 4 aliphatic carbocycles. The fraction of sp³-hybridized carbons (Fsp3) is 0.568. The van der Waals surface area contributed by atoms with E-state index in [0.29, 0.717) is 5.41 Å². The van der Waals surface area contributed by atoms with E-state index in [0.717, 1.165) is 40.6 Å². The van der Waals surface area contributed by atoms with Crippen LogP contribution in [0.3, 0.4) is 0 Å². The molecule has 0 aliphatic heterocycles. The van der Waals surface area contributed by atoms with Gasteiger partial charge in [0.15, 0.2) is 11.5 Å². The summed E-state index contributed by atoms with van der Waals surface area (Å²) in [5.74, 6) is 2.34. The second kappa shape index (κ2) is 8.58. The van der Waals surface area contributed by atoms with Crippen LogP contribution in [0.5, 0.6) is 17.2 Å². The van der Waals surface area contributed by atoms with Gasteiger partial charge in [0, 0.05) is 34.5 Å². The van der Waals surface area contributed by atoms with Gasteiger partial charge < -0.3 is 19.9 Å². The molecule has 7 atom stereocenters. The number of nitrogens with one attached hydrogen (secondary N) is 1. The number of phenolic OH excluding ortho intramolecular Hbond substituents is 2. The molecule has 4 aliphatic rings. The van der Waals surface area contributed by atoms with Gasteiger partial charge in [0.05, 0.1) is 7.11 Å². The van der Waals surface area contributed by atoms with Gasteiger partial charge in [-0.3, -0.25) is 0 Å². The number of hydrogen-bond acceptors (Lipinski definition) is 3. The van der Waals surface area contributed by atoms with Crippen molar-refractivity contribution in [3.8, 4) is 17.2 Å². The Morgan fingerprint density at radius 1 is 0.976 bits per heavy atom. The Morgan fingerprint density at radius 2 is 1.76 bits per heavy atom. The Morgan fingerprint density at radius 3 is 2.51 bits per heavy atom. The Bertz CT molecular complexity index is 1600. The standard InChI is InChI=1S/C37H47NO3/c1-21-10-11-34(3)12-14-37(6)31-18-25(26-20-38-28-17-23(41-7)8-9-24(26)28)32-22(2)33(40)29(39)19-27(32)35(31,4)13-15-36(37,5)30(34)16-21/h8-9,17-21,25,30,38-40H,10-16H2,1-7H3/t21-,25?,30+,34+,35-,36-,37+/m0/s1. The number of phenols is 2. The van der Waals surface area contributed by atoms with Crippen LogP contribution in [0.25, 0.3) is 10.9 Å². The fourth-order valence-electron chi connectivity index (χ4n) is 10.6. The van der Waals surface area contributed by atoms with E-state index in [-0.39, 0.29) is 33.7 Å². The second-order valence-electron chi connectivity index (χ2n) is 15.2. The number of aromatic hydroxyl groups is 2. The van der Waals surface area contributed by atoms with Crippen LogP contribution in [0.4, 0.5) is 0 Å². The molecule has 3 N–H and O–H groups in total. The van der Waals surface area contributed by atoms with Crippen molar-refractivity contribution >= 4 is 10.9 Å². The quantitative estimate of drug-likeness (QED) is 0.219. The first-order valence-corrected chi connectivity index (χ1v) is 15.8. The van der Waals surface area contributed by atoms with Crippen LogP contribution < -0.4 is 4.74 Å². The van der Waals surface area contributed by atoms with Crippen molar-refractivity contribution in [1.82, 2.24) is 4.98 Å². The smallest absolute Gasteiger partial charge is 0.160 e. The second-order valence-corrected chi connectivity index (χ2v) is 15.2. The van der Waals surface area contributed by atoms with E-state index >= 15 is 0 Å². The first-order valence-electron chi connectivity index (χ1n) is 15.8. The summed E-state index contributed by atoms with van der Waals surface area (Å²) < 4.78 is 5.51. The first kappa shape index (κ1) is 27.0. The zero-order chi connectivity index (χ0) is 29.1. The summed E-state index contributed by atoms with van der Waals surface area (Å²) in [7, 11) is 1.70. The number of rotatable bonds is 2. The molecule has 41 heavy (non-hydrogen) atoms. The van der Waals surface area contributed by atoms with Gasteiger partial charge in [-0.25, -0.2) is 0 Å². The van der Waals surface area contributed by atoms with Crippen LogP contribution in [0.2, 0.25) is 0 Å². The summed E-state index contributed by atoms with van der Waals surface area (Å²) >= 11 is 0. The third kappa shape index (κ3) is 3.40. The highest BCUT2D eigenvalue weighted by molar-refractivity contribution is 5.86. The SMILES string of the molecule is COc1ccc2c(C3C=C4[C@@](C)(CC[C@@]5(C)[C@@H]6C[C@@H](C)CC[C@]6(C)CC[C@]45C)c4cc(O)c(O)c(C)c43)c[nH]c2c1. The largest absolute Gasteiger partial charge is 0.504 e. The summed E-state index contributed by atoms with van der Waals surface area (Å²) in [6.07, 6.45) is 13.6. The van der Waals surface area contributed by atoms with E-state index in [1.165, 1.54) is 55.0 Å². The Labute approximate surface area is 245 Å². The number of ether oxygens (including phenoxy) is 1. The molecule has 7 rings (SSSR count). The van der Waals surface area contributed by atoms with Crippen LogP contribution in [0, 0.1) is 35.0 Å². The summed E-state index contributed by atoms with van der Waals surface area (Å²) in [5.41, 5.74) is 7.51. The topological polar surface area (TPSA) is 65.5 Å². The van der Waals surface area contributed by atoms with Crippen molar-refractivity contribution in [1.29, 1.82) is 0 Å². The van der Waals surface area contributed by atoms with E-state index < -0.39 is 0 Å². The lowest BCUT2D eigenvalue weighted by molar-refractivity contribution is -0.145. The molecule has 0 bridgehead atoms. The summed E-state index contributed by atoms with van der Waals surface area (Å²) in [6.45, 7) is 14.7. The molecular formula is C37H47NO3. The molecule has 1 aromatic heterocycles. The average Bonchev–Trinajstić information content (AvgIpc) is 3.37. The highest BCUT2D eigenvalue weighted by atomic mass is 16.5. The van der Waals surface area contributed by atoms with E-state index in [9.17, 15) is 10.2 Å². The minimum Gasteiger partial charge on any atom is -0.504 e. The molecule has 3 aromatic rings. The molecule has 4 nitrogen and oxygen atoms in total. The fourth-order valence-corrected chi connectivity index (χ4v) is 10.6. The van der Waals surface area contributed by atoms with Crippen molar-refractivity contribution < 1.29 is 14.9 Å². The zero-order valence-electron chi connectivity index (χ0n) is 25.9. The Kier molecular flexibility index (Phi) is 5.65. The Hall–Kier alpha value is -2.88.